The maximum atomic E-state index is 13.2. The van der Waals surface area contributed by atoms with Crippen LogP contribution in [0.3, 0.4) is 0 Å². The van der Waals surface area contributed by atoms with Crippen molar-refractivity contribution in [2.24, 2.45) is 0 Å². The third kappa shape index (κ3) is 7.42. The fourth-order valence-corrected chi connectivity index (χ4v) is 3.37. The van der Waals surface area contributed by atoms with Gasteiger partial charge in [0, 0.05) is 12.6 Å². The maximum Gasteiger partial charge on any atom is 0.261 e. The minimum Gasteiger partial charge on any atom is -0.484 e. The second kappa shape index (κ2) is 11.5. The van der Waals surface area contributed by atoms with Gasteiger partial charge in [0.1, 0.15) is 11.8 Å². The number of carbonyl (C=O) groups is 2. The van der Waals surface area contributed by atoms with Crippen LogP contribution in [0.1, 0.15) is 63.6 Å². The highest BCUT2D eigenvalue weighted by atomic mass is 16.5. The molecule has 1 N–H and O–H groups in total. The smallest absolute Gasteiger partial charge is 0.261 e. The number of rotatable bonds is 10. The van der Waals surface area contributed by atoms with Crippen molar-refractivity contribution in [1.29, 1.82) is 0 Å². The summed E-state index contributed by atoms with van der Waals surface area (Å²) < 4.78 is 5.77. The Morgan fingerprint density at radius 2 is 1.58 bits per heavy atom. The Bertz CT molecular complexity index is 842. The molecular weight excluding hydrogens is 388 g/mol. The second-order valence-corrected chi connectivity index (χ2v) is 8.61. The molecule has 0 saturated heterocycles. The van der Waals surface area contributed by atoms with Gasteiger partial charge in [-0.25, -0.2) is 0 Å². The molecule has 168 valence electrons. The van der Waals surface area contributed by atoms with Crippen LogP contribution in [0.15, 0.2) is 48.5 Å². The summed E-state index contributed by atoms with van der Waals surface area (Å²) in [6, 6.07) is 15.3. The van der Waals surface area contributed by atoms with Gasteiger partial charge in [-0.3, -0.25) is 9.59 Å². The third-order valence-electron chi connectivity index (χ3n) is 5.20. The predicted molar refractivity (Wildman–Crippen MR) is 125 cm³/mol. The Balaban J connectivity index is 2.17. The van der Waals surface area contributed by atoms with Gasteiger partial charge in [-0.2, -0.15) is 0 Å². The summed E-state index contributed by atoms with van der Waals surface area (Å²) in [6.07, 6.45) is 0.527. The van der Waals surface area contributed by atoms with Crippen LogP contribution >= 0.6 is 0 Å². The Kier molecular flexibility index (Phi) is 9.10. The summed E-state index contributed by atoms with van der Waals surface area (Å²) in [5.41, 5.74) is 3.35. The number of nitrogens with zero attached hydrogens (tertiary/aromatic N) is 1. The van der Waals surface area contributed by atoms with Crippen LogP contribution in [-0.2, 0) is 16.1 Å². The lowest BCUT2D eigenvalue weighted by atomic mass is 10.0. The number of ether oxygens (including phenoxy) is 1. The molecule has 0 bridgehead atoms. The first-order valence-corrected chi connectivity index (χ1v) is 11.1. The highest BCUT2D eigenvalue weighted by Gasteiger charge is 2.29. The number of amides is 2. The van der Waals surface area contributed by atoms with Crippen molar-refractivity contribution in [3.8, 4) is 5.75 Å². The molecule has 0 aliphatic rings. The molecule has 0 spiro atoms. The van der Waals surface area contributed by atoms with Crippen LogP contribution in [0, 0.1) is 6.92 Å². The minimum atomic E-state index is -0.553. The zero-order valence-corrected chi connectivity index (χ0v) is 19.6. The molecule has 0 unspecified atom stereocenters. The van der Waals surface area contributed by atoms with E-state index in [4.69, 9.17) is 4.74 Å². The van der Waals surface area contributed by atoms with E-state index in [1.807, 2.05) is 76.2 Å². The van der Waals surface area contributed by atoms with Crippen molar-refractivity contribution in [3.05, 3.63) is 65.2 Å². The van der Waals surface area contributed by atoms with E-state index in [9.17, 15) is 9.59 Å². The predicted octanol–water partition coefficient (Wildman–Crippen LogP) is 4.83. The summed E-state index contributed by atoms with van der Waals surface area (Å²) >= 11 is 0. The van der Waals surface area contributed by atoms with Gasteiger partial charge >= 0.3 is 0 Å². The van der Waals surface area contributed by atoms with Crippen molar-refractivity contribution >= 4 is 11.8 Å². The number of nitrogens with one attached hydrogen (secondary N) is 1. The van der Waals surface area contributed by atoms with Crippen LogP contribution in [0.4, 0.5) is 0 Å². The lowest BCUT2D eigenvalue weighted by molar-refractivity contribution is -0.143. The summed E-state index contributed by atoms with van der Waals surface area (Å²) in [4.78, 5) is 27.6. The molecule has 0 heterocycles. The van der Waals surface area contributed by atoms with E-state index >= 15 is 0 Å². The van der Waals surface area contributed by atoms with E-state index in [0.717, 1.165) is 11.1 Å². The highest BCUT2D eigenvalue weighted by Crippen LogP contribution is 2.19. The molecule has 0 aromatic heterocycles. The molecule has 2 aromatic rings. The number of aryl methyl sites for hydroxylation is 1. The number of benzene rings is 2. The lowest BCUT2D eigenvalue weighted by Gasteiger charge is -2.31. The standard InChI is InChI=1S/C26H36N2O3/c1-7-24(26(30)27-19(4)5)28(16-21-10-8-20(6)9-11-21)25(29)17-31-23-14-12-22(13-15-23)18(2)3/h8-15,18-19,24H,7,16-17H2,1-6H3,(H,27,30)/t24-/m0/s1. The SMILES string of the molecule is CC[C@@H](C(=O)NC(C)C)N(Cc1ccc(C)cc1)C(=O)COc1ccc(C(C)C)cc1. The largest absolute Gasteiger partial charge is 0.484 e. The van der Waals surface area contributed by atoms with Crippen LogP contribution in [0.5, 0.6) is 5.75 Å². The van der Waals surface area contributed by atoms with Crippen LogP contribution < -0.4 is 10.1 Å². The van der Waals surface area contributed by atoms with E-state index in [-0.39, 0.29) is 24.5 Å². The van der Waals surface area contributed by atoms with Crippen LogP contribution in [-0.4, -0.2) is 35.4 Å². The lowest BCUT2D eigenvalue weighted by Crippen LogP contribution is -2.51. The molecule has 2 aromatic carbocycles. The van der Waals surface area contributed by atoms with Gasteiger partial charge in [0.2, 0.25) is 5.91 Å². The molecule has 2 rings (SSSR count). The van der Waals surface area contributed by atoms with Gasteiger partial charge in [-0.1, -0.05) is 62.7 Å². The van der Waals surface area contributed by atoms with E-state index in [0.29, 0.717) is 24.6 Å². The third-order valence-corrected chi connectivity index (χ3v) is 5.20. The molecular formula is C26H36N2O3. The van der Waals surface area contributed by atoms with Gasteiger partial charge in [0.15, 0.2) is 6.61 Å². The first-order valence-electron chi connectivity index (χ1n) is 11.1. The minimum absolute atomic E-state index is 0.00796. The van der Waals surface area contributed by atoms with Gasteiger partial charge in [0.25, 0.3) is 5.91 Å². The van der Waals surface area contributed by atoms with Gasteiger partial charge in [0.05, 0.1) is 0 Å². The quantitative estimate of drug-likeness (QED) is 0.594. The van der Waals surface area contributed by atoms with Crippen LogP contribution in [0.25, 0.3) is 0 Å². The summed E-state index contributed by atoms with van der Waals surface area (Å²) in [6.45, 7) is 12.3. The van der Waals surface area contributed by atoms with Gasteiger partial charge in [-0.15, -0.1) is 0 Å². The first-order chi connectivity index (χ1) is 14.7. The monoisotopic (exact) mass is 424 g/mol. The summed E-state index contributed by atoms with van der Waals surface area (Å²) in [5.74, 6) is 0.733. The molecule has 31 heavy (non-hydrogen) atoms. The number of hydrogen-bond acceptors (Lipinski definition) is 3. The van der Waals surface area contributed by atoms with Gasteiger partial charge in [-0.05, 0) is 56.4 Å². The van der Waals surface area contributed by atoms with Gasteiger partial charge < -0.3 is 15.0 Å². The van der Waals surface area contributed by atoms with E-state index in [1.54, 1.807) is 4.90 Å². The highest BCUT2D eigenvalue weighted by molar-refractivity contribution is 5.88. The molecule has 5 nitrogen and oxygen atoms in total. The molecule has 0 fully saturated rings. The first kappa shape index (κ1) is 24.4. The number of hydrogen-bond donors (Lipinski definition) is 1. The van der Waals surface area contributed by atoms with E-state index in [2.05, 4.69) is 19.2 Å². The number of carbonyl (C=O) groups excluding carboxylic acids is 2. The van der Waals surface area contributed by atoms with E-state index < -0.39 is 6.04 Å². The molecule has 0 saturated carbocycles. The van der Waals surface area contributed by atoms with E-state index in [1.165, 1.54) is 5.56 Å². The Hall–Kier alpha value is -2.82. The fraction of sp³-hybridized carbons (Fsp3) is 0.462. The Morgan fingerprint density at radius 3 is 2.10 bits per heavy atom. The van der Waals surface area contributed by atoms with Crippen molar-refractivity contribution in [1.82, 2.24) is 10.2 Å². The van der Waals surface area contributed by atoms with Crippen LogP contribution in [0.2, 0.25) is 0 Å². The molecule has 0 aliphatic carbocycles. The second-order valence-electron chi connectivity index (χ2n) is 8.61. The van der Waals surface area contributed by atoms with Crippen molar-refractivity contribution in [2.75, 3.05) is 6.61 Å². The normalized spacial score (nSPS) is 12.0. The van der Waals surface area contributed by atoms with Crippen molar-refractivity contribution in [2.45, 2.75) is 72.5 Å². The average molecular weight is 425 g/mol. The molecule has 5 heteroatoms. The average Bonchev–Trinajstić information content (AvgIpc) is 2.73. The maximum absolute atomic E-state index is 13.2. The van der Waals surface area contributed by atoms with Crippen molar-refractivity contribution < 1.29 is 14.3 Å². The fourth-order valence-electron chi connectivity index (χ4n) is 3.37. The molecule has 1 atom stereocenters. The molecule has 2 amide bonds. The summed E-state index contributed by atoms with van der Waals surface area (Å²) in [7, 11) is 0. The molecule has 0 aliphatic heterocycles. The zero-order chi connectivity index (χ0) is 23.0. The summed E-state index contributed by atoms with van der Waals surface area (Å²) in [5, 5.41) is 2.94. The Labute approximate surface area is 186 Å². The molecule has 0 radical (unpaired) electrons. The topological polar surface area (TPSA) is 58.6 Å². The Morgan fingerprint density at radius 1 is 0.968 bits per heavy atom. The zero-order valence-electron chi connectivity index (χ0n) is 19.6. The van der Waals surface area contributed by atoms with Crippen molar-refractivity contribution in [3.63, 3.8) is 0 Å².